The number of rotatable bonds is 4. The Bertz CT molecular complexity index is 554. The Labute approximate surface area is 118 Å². The number of para-hydroxylation sites is 1. The molecule has 1 unspecified atom stereocenters. The van der Waals surface area contributed by atoms with E-state index in [1.807, 2.05) is 36.5 Å². The molecule has 2 N–H and O–H groups in total. The van der Waals surface area contributed by atoms with E-state index in [-0.39, 0.29) is 6.04 Å². The van der Waals surface area contributed by atoms with Crippen molar-refractivity contribution in [2.75, 3.05) is 6.61 Å². The van der Waals surface area contributed by atoms with Gasteiger partial charge in [0.15, 0.2) is 0 Å². The van der Waals surface area contributed by atoms with Gasteiger partial charge < -0.3 is 10.5 Å². The first-order valence-corrected chi connectivity index (χ1v) is 7.70. The molecule has 0 spiro atoms. The fraction of sp³-hybridized carbons (Fsp3) is 0.375. The molecule has 0 saturated carbocycles. The van der Waals surface area contributed by atoms with E-state index in [2.05, 4.69) is 12.1 Å². The second-order valence-corrected chi connectivity index (χ2v) is 6.07. The molecule has 0 radical (unpaired) electrons. The summed E-state index contributed by atoms with van der Waals surface area (Å²) in [6.07, 6.45) is 3.73. The van der Waals surface area contributed by atoms with Gasteiger partial charge in [0.2, 0.25) is 0 Å². The van der Waals surface area contributed by atoms with Crippen molar-refractivity contribution in [2.24, 2.45) is 5.73 Å². The van der Waals surface area contributed by atoms with Crippen LogP contribution < -0.4 is 10.5 Å². The Morgan fingerprint density at radius 2 is 2.16 bits per heavy atom. The molecule has 1 atom stereocenters. The maximum atomic E-state index is 6.44. The van der Waals surface area contributed by atoms with Crippen LogP contribution in [0.3, 0.4) is 0 Å². The topological polar surface area (TPSA) is 35.2 Å². The summed E-state index contributed by atoms with van der Waals surface area (Å²) >= 11 is 1.87. The van der Waals surface area contributed by atoms with Gasteiger partial charge >= 0.3 is 0 Å². The highest BCUT2D eigenvalue weighted by Crippen LogP contribution is 2.37. The second-order valence-electron chi connectivity index (χ2n) is 4.90. The minimum atomic E-state index is -0.0710. The molecule has 1 heterocycles. The Morgan fingerprint density at radius 1 is 1.32 bits per heavy atom. The van der Waals surface area contributed by atoms with Gasteiger partial charge in [-0.1, -0.05) is 18.2 Å². The Kier molecular flexibility index (Phi) is 3.58. The van der Waals surface area contributed by atoms with E-state index in [4.69, 9.17) is 10.5 Å². The van der Waals surface area contributed by atoms with Crippen molar-refractivity contribution in [3.8, 4) is 5.75 Å². The number of thiophene rings is 1. The van der Waals surface area contributed by atoms with Crippen molar-refractivity contribution < 1.29 is 4.74 Å². The largest absolute Gasteiger partial charge is 0.494 e. The Morgan fingerprint density at radius 3 is 2.95 bits per heavy atom. The summed E-state index contributed by atoms with van der Waals surface area (Å²) in [6, 6.07) is 10.3. The molecule has 1 aromatic heterocycles. The van der Waals surface area contributed by atoms with Crippen molar-refractivity contribution in [1.29, 1.82) is 0 Å². The minimum absolute atomic E-state index is 0.0710. The number of aryl methyl sites for hydroxylation is 2. The van der Waals surface area contributed by atoms with Gasteiger partial charge in [0, 0.05) is 15.3 Å². The number of hydrogen-bond acceptors (Lipinski definition) is 3. The van der Waals surface area contributed by atoms with Crippen molar-refractivity contribution in [3.05, 3.63) is 51.2 Å². The minimum Gasteiger partial charge on any atom is -0.494 e. The number of nitrogens with two attached hydrogens (primary N) is 1. The summed E-state index contributed by atoms with van der Waals surface area (Å²) < 4.78 is 5.68. The number of ether oxygens (including phenoxy) is 1. The van der Waals surface area contributed by atoms with E-state index >= 15 is 0 Å². The van der Waals surface area contributed by atoms with Crippen molar-refractivity contribution in [3.63, 3.8) is 0 Å². The van der Waals surface area contributed by atoms with Crippen LogP contribution in [0, 0.1) is 0 Å². The van der Waals surface area contributed by atoms with Gasteiger partial charge in [-0.3, -0.25) is 0 Å². The van der Waals surface area contributed by atoms with Gasteiger partial charge in [-0.25, -0.2) is 0 Å². The van der Waals surface area contributed by atoms with Crippen LogP contribution in [0.25, 0.3) is 0 Å². The summed E-state index contributed by atoms with van der Waals surface area (Å²) in [4.78, 5) is 2.79. The first-order chi connectivity index (χ1) is 9.29. The fourth-order valence-electron chi connectivity index (χ4n) is 2.68. The highest BCUT2D eigenvalue weighted by molar-refractivity contribution is 7.12. The van der Waals surface area contributed by atoms with E-state index < -0.39 is 0 Å². The van der Waals surface area contributed by atoms with E-state index in [0.29, 0.717) is 6.61 Å². The average molecular weight is 273 g/mol. The third kappa shape index (κ3) is 2.40. The quantitative estimate of drug-likeness (QED) is 0.922. The molecule has 1 aromatic carbocycles. The van der Waals surface area contributed by atoms with Crippen LogP contribution in [0.1, 0.15) is 40.3 Å². The summed E-state index contributed by atoms with van der Waals surface area (Å²) in [5.41, 5.74) is 9.03. The lowest BCUT2D eigenvalue weighted by molar-refractivity contribution is 0.335. The lowest BCUT2D eigenvalue weighted by Gasteiger charge is -2.15. The zero-order chi connectivity index (χ0) is 13.2. The van der Waals surface area contributed by atoms with E-state index in [1.54, 1.807) is 0 Å². The van der Waals surface area contributed by atoms with E-state index in [9.17, 15) is 0 Å². The molecule has 0 bridgehead atoms. The van der Waals surface area contributed by atoms with E-state index in [0.717, 1.165) is 11.3 Å². The highest BCUT2D eigenvalue weighted by atomic mass is 32.1. The van der Waals surface area contributed by atoms with Gasteiger partial charge in [-0.15, -0.1) is 11.3 Å². The molecule has 0 amide bonds. The smallest absolute Gasteiger partial charge is 0.124 e. The molecule has 0 fully saturated rings. The summed E-state index contributed by atoms with van der Waals surface area (Å²) in [7, 11) is 0. The molecule has 3 heteroatoms. The van der Waals surface area contributed by atoms with Crippen LogP contribution in [0.15, 0.2) is 30.3 Å². The van der Waals surface area contributed by atoms with Gasteiger partial charge in [0.05, 0.1) is 12.6 Å². The normalized spacial score (nSPS) is 15.3. The zero-order valence-electron chi connectivity index (χ0n) is 11.2. The predicted molar refractivity (Wildman–Crippen MR) is 80.0 cm³/mol. The first kappa shape index (κ1) is 12.7. The monoisotopic (exact) mass is 273 g/mol. The zero-order valence-corrected chi connectivity index (χ0v) is 12.0. The first-order valence-electron chi connectivity index (χ1n) is 6.88. The summed E-state index contributed by atoms with van der Waals surface area (Å²) in [6.45, 7) is 2.67. The Balaban J connectivity index is 1.92. The second kappa shape index (κ2) is 5.35. The van der Waals surface area contributed by atoms with Crippen LogP contribution in [0.2, 0.25) is 0 Å². The molecule has 100 valence electrons. The maximum Gasteiger partial charge on any atom is 0.124 e. The third-order valence-electron chi connectivity index (χ3n) is 3.63. The third-order valence-corrected chi connectivity index (χ3v) is 4.95. The van der Waals surface area contributed by atoms with Crippen LogP contribution in [-0.4, -0.2) is 6.61 Å². The fourth-order valence-corrected chi connectivity index (χ4v) is 3.96. The van der Waals surface area contributed by atoms with Gasteiger partial charge in [-0.05, 0) is 43.9 Å². The molecular formula is C16H19NOS. The molecule has 2 nitrogen and oxygen atoms in total. The lowest BCUT2D eigenvalue weighted by atomic mass is 10.0. The SMILES string of the molecule is CCOc1ccccc1C(N)c1cc2c(s1)CCC2. The highest BCUT2D eigenvalue weighted by Gasteiger charge is 2.20. The molecule has 3 rings (SSSR count). The van der Waals surface area contributed by atoms with Crippen LogP contribution >= 0.6 is 11.3 Å². The molecule has 0 saturated heterocycles. The lowest BCUT2D eigenvalue weighted by Crippen LogP contribution is -2.12. The molecule has 0 aliphatic heterocycles. The maximum absolute atomic E-state index is 6.44. The van der Waals surface area contributed by atoms with Crippen LogP contribution in [0.4, 0.5) is 0 Å². The van der Waals surface area contributed by atoms with E-state index in [1.165, 1.54) is 34.6 Å². The molecule has 1 aliphatic carbocycles. The summed E-state index contributed by atoms with van der Waals surface area (Å²) in [5, 5.41) is 0. The summed E-state index contributed by atoms with van der Waals surface area (Å²) in [5.74, 6) is 0.908. The Hall–Kier alpha value is -1.32. The van der Waals surface area contributed by atoms with Gasteiger partial charge in [0.25, 0.3) is 0 Å². The van der Waals surface area contributed by atoms with Gasteiger partial charge in [-0.2, -0.15) is 0 Å². The van der Waals surface area contributed by atoms with Crippen LogP contribution in [-0.2, 0) is 12.8 Å². The predicted octanol–water partition coefficient (Wildman–Crippen LogP) is 3.68. The van der Waals surface area contributed by atoms with Crippen molar-refractivity contribution in [1.82, 2.24) is 0 Å². The number of fused-ring (bicyclic) bond motifs is 1. The molecule has 1 aliphatic rings. The van der Waals surface area contributed by atoms with Gasteiger partial charge in [0.1, 0.15) is 5.75 Å². The average Bonchev–Trinajstić information content (AvgIpc) is 2.99. The van der Waals surface area contributed by atoms with Crippen molar-refractivity contribution >= 4 is 11.3 Å². The molecular weight excluding hydrogens is 254 g/mol. The molecule has 19 heavy (non-hydrogen) atoms. The molecule has 2 aromatic rings. The van der Waals surface area contributed by atoms with Crippen molar-refractivity contribution in [2.45, 2.75) is 32.2 Å². The number of benzene rings is 1. The van der Waals surface area contributed by atoms with Crippen LogP contribution in [0.5, 0.6) is 5.75 Å². The number of hydrogen-bond donors (Lipinski definition) is 1. The standard InChI is InChI=1S/C16H19NOS/c1-2-18-13-8-4-3-7-12(13)16(17)15-10-11-6-5-9-14(11)19-15/h3-4,7-8,10,16H,2,5-6,9,17H2,1H3.